The highest BCUT2D eigenvalue weighted by atomic mass is 14.9. The van der Waals surface area contributed by atoms with E-state index < -0.39 is 0 Å². The Hall–Kier alpha value is -2.74. The predicted octanol–water partition coefficient (Wildman–Crippen LogP) is 5.79. The smallest absolute Gasteiger partial charge is 0.0413 e. The van der Waals surface area contributed by atoms with E-state index in [1.165, 1.54) is 11.1 Å². The Kier molecular flexibility index (Phi) is 4.10. The third-order valence-electron chi connectivity index (χ3n) is 3.73. The molecule has 0 radical (unpaired) electrons. The number of rotatable bonds is 4. The summed E-state index contributed by atoms with van der Waals surface area (Å²) in [7, 11) is 0. The van der Waals surface area contributed by atoms with E-state index in [2.05, 4.69) is 85.1 Å². The van der Waals surface area contributed by atoms with Crippen LogP contribution in [-0.2, 0) is 0 Å². The molecule has 2 nitrogen and oxygen atoms in total. The highest BCUT2D eigenvalue weighted by Gasteiger charge is 2.00. The Morgan fingerprint density at radius 1 is 0.500 bits per heavy atom. The molecule has 0 atom stereocenters. The number of nitrogens with one attached hydrogen (secondary N) is 2. The van der Waals surface area contributed by atoms with E-state index in [1.807, 2.05) is 12.1 Å². The Morgan fingerprint density at radius 2 is 0.864 bits per heavy atom. The lowest BCUT2D eigenvalue weighted by molar-refractivity contribution is 1.42. The van der Waals surface area contributed by atoms with E-state index in [0.29, 0.717) is 0 Å². The third kappa shape index (κ3) is 3.29. The number of para-hydroxylation sites is 2. The SMILES string of the molecule is Cc1ccccc1Nc1ccc(Nc2ccccc2C)cc1. The quantitative estimate of drug-likeness (QED) is 0.635. The van der Waals surface area contributed by atoms with Crippen molar-refractivity contribution in [1.29, 1.82) is 0 Å². The lowest BCUT2D eigenvalue weighted by Crippen LogP contribution is -1.95. The van der Waals surface area contributed by atoms with Crippen LogP contribution in [0, 0.1) is 13.8 Å². The standard InChI is InChI=1S/C20H20N2/c1-15-7-3-5-9-19(15)21-17-11-13-18(14-12-17)22-20-10-6-4-8-16(20)2/h3-14,21-22H,1-2H3. The molecule has 3 rings (SSSR count). The van der Waals surface area contributed by atoms with Gasteiger partial charge in [0.05, 0.1) is 0 Å². The van der Waals surface area contributed by atoms with Crippen LogP contribution in [0.2, 0.25) is 0 Å². The lowest BCUT2D eigenvalue weighted by atomic mass is 10.2. The fraction of sp³-hybridized carbons (Fsp3) is 0.100. The summed E-state index contributed by atoms with van der Waals surface area (Å²) in [6.07, 6.45) is 0. The molecule has 2 heteroatoms. The van der Waals surface area contributed by atoms with Gasteiger partial charge in [0, 0.05) is 22.7 Å². The van der Waals surface area contributed by atoms with Gasteiger partial charge in [-0.25, -0.2) is 0 Å². The number of hydrogen-bond donors (Lipinski definition) is 2. The number of hydrogen-bond acceptors (Lipinski definition) is 2. The summed E-state index contributed by atoms with van der Waals surface area (Å²) in [4.78, 5) is 0. The summed E-state index contributed by atoms with van der Waals surface area (Å²) in [6, 6.07) is 25.0. The Bertz CT molecular complexity index is 694. The second kappa shape index (κ2) is 6.35. The number of benzene rings is 3. The molecule has 0 heterocycles. The van der Waals surface area contributed by atoms with Crippen molar-refractivity contribution in [2.75, 3.05) is 10.6 Å². The van der Waals surface area contributed by atoms with E-state index in [-0.39, 0.29) is 0 Å². The summed E-state index contributed by atoms with van der Waals surface area (Å²) in [5.74, 6) is 0. The fourth-order valence-corrected chi connectivity index (χ4v) is 2.37. The minimum atomic E-state index is 1.09. The van der Waals surface area contributed by atoms with Crippen LogP contribution in [0.5, 0.6) is 0 Å². The summed E-state index contributed by atoms with van der Waals surface area (Å²) >= 11 is 0. The molecule has 0 fully saturated rings. The van der Waals surface area contributed by atoms with Crippen LogP contribution in [0.25, 0.3) is 0 Å². The molecular weight excluding hydrogens is 268 g/mol. The van der Waals surface area contributed by atoms with Crippen LogP contribution in [0.4, 0.5) is 22.7 Å². The lowest BCUT2D eigenvalue weighted by Gasteiger charge is -2.12. The molecule has 0 spiro atoms. The van der Waals surface area contributed by atoms with Crippen molar-refractivity contribution < 1.29 is 0 Å². The molecule has 3 aromatic carbocycles. The van der Waals surface area contributed by atoms with Gasteiger partial charge in [0.2, 0.25) is 0 Å². The molecule has 0 saturated heterocycles. The maximum Gasteiger partial charge on any atom is 0.0413 e. The van der Waals surface area contributed by atoms with Crippen LogP contribution in [0.15, 0.2) is 72.8 Å². The van der Waals surface area contributed by atoms with Gasteiger partial charge in [-0.2, -0.15) is 0 Å². The van der Waals surface area contributed by atoms with Crippen molar-refractivity contribution in [3.05, 3.63) is 83.9 Å². The van der Waals surface area contributed by atoms with Crippen molar-refractivity contribution in [2.24, 2.45) is 0 Å². The zero-order valence-corrected chi connectivity index (χ0v) is 12.9. The minimum Gasteiger partial charge on any atom is -0.355 e. The van der Waals surface area contributed by atoms with E-state index in [9.17, 15) is 0 Å². The van der Waals surface area contributed by atoms with Crippen molar-refractivity contribution in [3.63, 3.8) is 0 Å². The molecule has 0 bridgehead atoms. The summed E-state index contributed by atoms with van der Waals surface area (Å²) in [6.45, 7) is 4.22. The molecule has 0 unspecified atom stereocenters. The largest absolute Gasteiger partial charge is 0.355 e. The Labute approximate surface area is 131 Å². The van der Waals surface area contributed by atoms with Crippen molar-refractivity contribution in [3.8, 4) is 0 Å². The van der Waals surface area contributed by atoms with Crippen LogP contribution < -0.4 is 10.6 Å². The molecule has 0 amide bonds. The monoisotopic (exact) mass is 288 g/mol. The van der Waals surface area contributed by atoms with Gasteiger partial charge in [0.15, 0.2) is 0 Å². The van der Waals surface area contributed by atoms with E-state index in [4.69, 9.17) is 0 Å². The predicted molar refractivity (Wildman–Crippen MR) is 95.4 cm³/mol. The average Bonchev–Trinajstić information content (AvgIpc) is 2.54. The van der Waals surface area contributed by atoms with Gasteiger partial charge in [-0.3, -0.25) is 0 Å². The first-order chi connectivity index (χ1) is 10.7. The molecular formula is C20H20N2. The van der Waals surface area contributed by atoms with Crippen LogP contribution in [0.3, 0.4) is 0 Å². The van der Waals surface area contributed by atoms with Crippen LogP contribution in [0.1, 0.15) is 11.1 Å². The molecule has 3 aromatic rings. The van der Waals surface area contributed by atoms with Gasteiger partial charge < -0.3 is 10.6 Å². The second-order valence-electron chi connectivity index (χ2n) is 5.46. The molecule has 110 valence electrons. The molecule has 22 heavy (non-hydrogen) atoms. The average molecular weight is 288 g/mol. The fourth-order valence-electron chi connectivity index (χ4n) is 2.37. The molecule has 0 aliphatic rings. The maximum absolute atomic E-state index is 3.45. The van der Waals surface area contributed by atoms with Crippen LogP contribution >= 0.6 is 0 Å². The molecule has 0 saturated carbocycles. The molecule has 0 aliphatic carbocycles. The van der Waals surface area contributed by atoms with Gasteiger partial charge >= 0.3 is 0 Å². The van der Waals surface area contributed by atoms with Gasteiger partial charge in [0.25, 0.3) is 0 Å². The summed E-state index contributed by atoms with van der Waals surface area (Å²) < 4.78 is 0. The number of anilines is 4. The van der Waals surface area contributed by atoms with Crippen LogP contribution in [-0.4, -0.2) is 0 Å². The second-order valence-corrected chi connectivity index (χ2v) is 5.46. The maximum atomic E-state index is 3.45. The van der Waals surface area contributed by atoms with Gasteiger partial charge in [-0.1, -0.05) is 36.4 Å². The summed E-state index contributed by atoms with van der Waals surface area (Å²) in [5.41, 5.74) is 6.94. The molecule has 0 aliphatic heterocycles. The minimum absolute atomic E-state index is 1.09. The van der Waals surface area contributed by atoms with E-state index in [1.54, 1.807) is 0 Å². The topological polar surface area (TPSA) is 24.1 Å². The van der Waals surface area contributed by atoms with Gasteiger partial charge in [-0.05, 0) is 61.4 Å². The van der Waals surface area contributed by atoms with Crippen molar-refractivity contribution in [1.82, 2.24) is 0 Å². The van der Waals surface area contributed by atoms with Crippen molar-refractivity contribution in [2.45, 2.75) is 13.8 Å². The van der Waals surface area contributed by atoms with Crippen molar-refractivity contribution >= 4 is 22.7 Å². The molecule has 2 N–H and O–H groups in total. The molecule has 0 aromatic heterocycles. The number of aryl methyl sites for hydroxylation is 2. The Balaban J connectivity index is 1.73. The Morgan fingerprint density at radius 3 is 1.23 bits per heavy atom. The first kappa shape index (κ1) is 14.2. The third-order valence-corrected chi connectivity index (χ3v) is 3.73. The normalized spacial score (nSPS) is 10.3. The zero-order valence-electron chi connectivity index (χ0n) is 12.9. The van der Waals surface area contributed by atoms with E-state index in [0.717, 1.165) is 22.7 Å². The summed E-state index contributed by atoms with van der Waals surface area (Å²) in [5, 5.41) is 6.89. The van der Waals surface area contributed by atoms with E-state index >= 15 is 0 Å². The first-order valence-corrected chi connectivity index (χ1v) is 7.48. The highest BCUT2D eigenvalue weighted by molar-refractivity contribution is 5.68. The zero-order chi connectivity index (χ0) is 15.4. The first-order valence-electron chi connectivity index (χ1n) is 7.48. The van der Waals surface area contributed by atoms with Gasteiger partial charge in [-0.15, -0.1) is 0 Å². The van der Waals surface area contributed by atoms with Gasteiger partial charge in [0.1, 0.15) is 0 Å². The highest BCUT2D eigenvalue weighted by Crippen LogP contribution is 2.24.